The number of aliphatic hydroxyl groups is 1. The molecular weight excluding hydrogens is 467 g/mol. The van der Waals surface area contributed by atoms with Gasteiger partial charge in [0.25, 0.3) is 0 Å². The van der Waals surface area contributed by atoms with E-state index in [-0.39, 0.29) is 11.4 Å². The summed E-state index contributed by atoms with van der Waals surface area (Å²) < 4.78 is 98.3. The van der Waals surface area contributed by atoms with Crippen molar-refractivity contribution in [3.63, 3.8) is 0 Å². The predicted octanol–water partition coefficient (Wildman–Crippen LogP) is 6.88. The molecule has 0 aliphatic heterocycles. The van der Waals surface area contributed by atoms with Gasteiger partial charge in [-0.3, -0.25) is 0 Å². The average molecular weight is 487 g/mol. The van der Waals surface area contributed by atoms with Gasteiger partial charge in [-0.05, 0) is 49.4 Å². The van der Waals surface area contributed by atoms with Gasteiger partial charge in [0, 0.05) is 23.9 Å². The van der Waals surface area contributed by atoms with Crippen molar-refractivity contribution in [3.8, 4) is 11.5 Å². The monoisotopic (exact) mass is 487 g/mol. The van der Waals surface area contributed by atoms with Crippen molar-refractivity contribution in [2.24, 2.45) is 0 Å². The van der Waals surface area contributed by atoms with E-state index in [2.05, 4.69) is 0 Å². The Bertz CT molecular complexity index is 1110. The van der Waals surface area contributed by atoms with Crippen molar-refractivity contribution in [2.45, 2.75) is 31.9 Å². The molecule has 0 aromatic heterocycles. The number of rotatable bonds is 7. The summed E-state index contributed by atoms with van der Waals surface area (Å²) in [5.41, 5.74) is -0.549. The van der Waals surface area contributed by atoms with Crippen LogP contribution in [0.5, 0.6) is 11.5 Å². The lowest BCUT2D eigenvalue weighted by molar-refractivity contribution is -0.200. The number of anilines is 1. The lowest BCUT2D eigenvalue weighted by Crippen LogP contribution is -2.41. The Morgan fingerprint density at radius 3 is 2.18 bits per heavy atom. The van der Waals surface area contributed by atoms with Crippen LogP contribution in [-0.2, 0) is 12.7 Å². The molecule has 182 valence electrons. The normalized spacial score (nSPS) is 13.0. The van der Waals surface area contributed by atoms with Gasteiger partial charge in [-0.15, -0.1) is 0 Å². The van der Waals surface area contributed by atoms with E-state index in [1.807, 2.05) is 6.92 Å². The Labute approximate surface area is 191 Å². The third kappa shape index (κ3) is 6.63. The largest absolute Gasteiger partial charge is 0.457 e. The highest BCUT2D eigenvalue weighted by Gasteiger charge is 2.39. The standard InChI is InChI=1S/C24H20F7NO2/c1-15-5-8-19(9-6-15)34-20-4-2-3-18(12-20)32(14-22(33)24(29,30)31)13-16-11-17(23(26,27)28)7-10-21(16)25/h2-12,22,33H,13-14H2,1H3/t22-/m1/s1. The molecule has 3 rings (SSSR count). The quantitative estimate of drug-likeness (QED) is 0.369. The van der Waals surface area contributed by atoms with Gasteiger partial charge >= 0.3 is 12.4 Å². The average Bonchev–Trinajstić information content (AvgIpc) is 2.75. The van der Waals surface area contributed by atoms with Gasteiger partial charge < -0.3 is 14.7 Å². The summed E-state index contributed by atoms with van der Waals surface area (Å²) in [6.07, 6.45) is -12.6. The van der Waals surface area contributed by atoms with E-state index in [0.29, 0.717) is 23.9 Å². The summed E-state index contributed by atoms with van der Waals surface area (Å²) >= 11 is 0. The molecule has 3 aromatic carbocycles. The van der Waals surface area contributed by atoms with Crippen LogP contribution in [0.2, 0.25) is 0 Å². The van der Waals surface area contributed by atoms with E-state index in [9.17, 15) is 35.8 Å². The van der Waals surface area contributed by atoms with E-state index in [4.69, 9.17) is 4.74 Å². The number of aliphatic hydroxyl groups excluding tert-OH is 1. The fourth-order valence-electron chi connectivity index (χ4n) is 3.14. The van der Waals surface area contributed by atoms with E-state index < -0.39 is 48.5 Å². The van der Waals surface area contributed by atoms with Gasteiger partial charge in [0.2, 0.25) is 0 Å². The van der Waals surface area contributed by atoms with Crippen molar-refractivity contribution in [2.75, 3.05) is 11.4 Å². The summed E-state index contributed by atoms with van der Waals surface area (Å²) in [7, 11) is 0. The fraction of sp³-hybridized carbons (Fsp3) is 0.250. The summed E-state index contributed by atoms with van der Waals surface area (Å²) in [6, 6.07) is 14.4. The SMILES string of the molecule is Cc1ccc(Oc2cccc(N(Cc3cc(C(F)(F)F)ccc3F)C[C@@H](O)C(F)(F)F)c2)cc1. The van der Waals surface area contributed by atoms with Gasteiger partial charge in [0.1, 0.15) is 17.3 Å². The maximum absolute atomic E-state index is 14.3. The van der Waals surface area contributed by atoms with Crippen molar-refractivity contribution in [1.29, 1.82) is 0 Å². The van der Waals surface area contributed by atoms with Crippen LogP contribution in [0.15, 0.2) is 66.7 Å². The topological polar surface area (TPSA) is 32.7 Å². The van der Waals surface area contributed by atoms with E-state index in [0.717, 1.165) is 10.5 Å². The Morgan fingerprint density at radius 1 is 0.882 bits per heavy atom. The number of halogens is 7. The van der Waals surface area contributed by atoms with Gasteiger partial charge in [-0.25, -0.2) is 4.39 Å². The molecule has 0 aliphatic rings. The van der Waals surface area contributed by atoms with Crippen LogP contribution < -0.4 is 9.64 Å². The first-order valence-electron chi connectivity index (χ1n) is 10.0. The first kappa shape index (κ1) is 25.4. The van der Waals surface area contributed by atoms with Gasteiger partial charge in [-0.2, -0.15) is 26.3 Å². The van der Waals surface area contributed by atoms with Crippen molar-refractivity contribution >= 4 is 5.69 Å². The number of benzene rings is 3. The first-order chi connectivity index (χ1) is 15.8. The molecule has 0 heterocycles. The first-order valence-corrected chi connectivity index (χ1v) is 10.0. The van der Waals surface area contributed by atoms with Crippen LogP contribution in [0.3, 0.4) is 0 Å². The highest BCUT2D eigenvalue weighted by atomic mass is 19.4. The Hall–Kier alpha value is -3.27. The molecule has 0 radical (unpaired) electrons. The molecule has 10 heteroatoms. The van der Waals surface area contributed by atoms with E-state index in [1.54, 1.807) is 24.3 Å². The molecule has 0 aliphatic carbocycles. The molecule has 0 saturated heterocycles. The highest BCUT2D eigenvalue weighted by Crippen LogP contribution is 2.33. The van der Waals surface area contributed by atoms with Crippen LogP contribution in [0.25, 0.3) is 0 Å². The molecule has 1 N–H and O–H groups in total. The third-order valence-electron chi connectivity index (χ3n) is 4.94. The highest BCUT2D eigenvalue weighted by molar-refractivity contribution is 5.52. The van der Waals surface area contributed by atoms with Gasteiger partial charge in [-0.1, -0.05) is 23.8 Å². The zero-order chi connectivity index (χ0) is 25.1. The summed E-state index contributed by atoms with van der Waals surface area (Å²) in [6.45, 7) is 0.186. The number of aryl methyl sites for hydroxylation is 1. The second-order valence-electron chi connectivity index (χ2n) is 7.65. The van der Waals surface area contributed by atoms with Crippen molar-refractivity contribution in [3.05, 3.63) is 89.2 Å². The fourth-order valence-corrected chi connectivity index (χ4v) is 3.14. The minimum absolute atomic E-state index is 0.0877. The third-order valence-corrected chi connectivity index (χ3v) is 4.94. The van der Waals surface area contributed by atoms with E-state index >= 15 is 0 Å². The molecule has 0 saturated carbocycles. The molecule has 3 aromatic rings. The number of nitrogens with zero attached hydrogens (tertiary/aromatic N) is 1. The van der Waals surface area contributed by atoms with Gasteiger partial charge in [0.05, 0.1) is 12.1 Å². The summed E-state index contributed by atoms with van der Waals surface area (Å²) in [4.78, 5) is 0.943. The second-order valence-corrected chi connectivity index (χ2v) is 7.65. The van der Waals surface area contributed by atoms with Crippen molar-refractivity contribution < 1.29 is 40.6 Å². The van der Waals surface area contributed by atoms with Crippen molar-refractivity contribution in [1.82, 2.24) is 0 Å². The van der Waals surface area contributed by atoms with E-state index in [1.165, 1.54) is 24.3 Å². The number of hydrogen-bond acceptors (Lipinski definition) is 3. The molecular formula is C24H20F7NO2. The maximum Gasteiger partial charge on any atom is 0.416 e. The summed E-state index contributed by atoms with van der Waals surface area (Å²) in [5.74, 6) is -0.336. The minimum Gasteiger partial charge on any atom is -0.457 e. The number of alkyl halides is 6. The predicted molar refractivity (Wildman–Crippen MR) is 112 cm³/mol. The lowest BCUT2D eigenvalue weighted by atomic mass is 10.1. The number of hydrogen-bond donors (Lipinski definition) is 1. The Morgan fingerprint density at radius 2 is 1.56 bits per heavy atom. The van der Waals surface area contributed by atoms with Crippen LogP contribution in [-0.4, -0.2) is 23.9 Å². The molecule has 0 bridgehead atoms. The summed E-state index contributed by atoms with van der Waals surface area (Å²) in [5, 5.41) is 9.61. The zero-order valence-electron chi connectivity index (χ0n) is 17.8. The molecule has 0 unspecified atom stereocenters. The van der Waals surface area contributed by atoms with Crippen LogP contribution in [0.1, 0.15) is 16.7 Å². The maximum atomic E-state index is 14.3. The molecule has 0 amide bonds. The van der Waals surface area contributed by atoms with Crippen LogP contribution in [0.4, 0.5) is 36.4 Å². The molecule has 1 atom stereocenters. The Balaban J connectivity index is 1.94. The lowest BCUT2D eigenvalue weighted by Gasteiger charge is -2.29. The molecule has 3 nitrogen and oxygen atoms in total. The minimum atomic E-state index is -4.99. The zero-order valence-corrected chi connectivity index (χ0v) is 17.8. The molecule has 0 fully saturated rings. The van der Waals surface area contributed by atoms with Gasteiger partial charge in [0.15, 0.2) is 6.10 Å². The van der Waals surface area contributed by atoms with Crippen LogP contribution >= 0.6 is 0 Å². The Kier molecular flexibility index (Phi) is 7.40. The molecule has 0 spiro atoms. The smallest absolute Gasteiger partial charge is 0.416 e. The second kappa shape index (κ2) is 9.92. The van der Waals surface area contributed by atoms with Crippen LogP contribution in [0, 0.1) is 12.7 Å². The molecule has 34 heavy (non-hydrogen) atoms. The number of ether oxygens (including phenoxy) is 1.